The number of fused-ring (bicyclic) bond motifs is 1. The van der Waals surface area contributed by atoms with Gasteiger partial charge in [0, 0.05) is 32.0 Å². The Labute approximate surface area is 128 Å². The van der Waals surface area contributed by atoms with Crippen molar-refractivity contribution in [1.82, 2.24) is 19.2 Å². The van der Waals surface area contributed by atoms with Gasteiger partial charge in [-0.25, -0.2) is 13.4 Å². The molecular weight excluding hydrogens is 308 g/mol. The third kappa shape index (κ3) is 2.89. The van der Waals surface area contributed by atoms with Crippen molar-refractivity contribution in [3.63, 3.8) is 0 Å². The van der Waals surface area contributed by atoms with E-state index in [1.165, 1.54) is 15.6 Å². The number of nitrogens with one attached hydrogen (secondary N) is 1. The molecule has 0 fully saturated rings. The highest BCUT2D eigenvalue weighted by Crippen LogP contribution is 2.26. The number of rotatable bonds is 5. The number of thiophene rings is 1. The summed E-state index contributed by atoms with van der Waals surface area (Å²) in [7, 11) is -3.42. The van der Waals surface area contributed by atoms with E-state index < -0.39 is 10.0 Å². The van der Waals surface area contributed by atoms with E-state index >= 15 is 0 Å². The zero-order valence-corrected chi connectivity index (χ0v) is 13.5. The van der Waals surface area contributed by atoms with E-state index in [0.29, 0.717) is 30.4 Å². The van der Waals surface area contributed by atoms with Gasteiger partial charge in [0.2, 0.25) is 0 Å². The number of imidazole rings is 1. The molecule has 114 valence electrons. The highest BCUT2D eigenvalue weighted by molar-refractivity contribution is 7.91. The van der Waals surface area contributed by atoms with Crippen LogP contribution in [0.1, 0.15) is 18.3 Å². The standard InChI is InChI=1S/C13H18N4O2S2/c1-2-14-8-11-7-13(20-10-11)21(18,19)17-6-5-16-4-3-15-12(16)9-17/h3-4,7,10,14H,2,5-6,8-9H2,1H3. The van der Waals surface area contributed by atoms with Crippen LogP contribution in [0.15, 0.2) is 28.0 Å². The molecule has 0 atom stereocenters. The lowest BCUT2D eigenvalue weighted by Crippen LogP contribution is -2.37. The molecule has 8 heteroatoms. The first-order chi connectivity index (χ1) is 10.1. The van der Waals surface area contributed by atoms with Crippen molar-refractivity contribution in [2.24, 2.45) is 0 Å². The van der Waals surface area contributed by atoms with Crippen LogP contribution in [-0.2, 0) is 29.7 Å². The molecule has 0 radical (unpaired) electrons. The van der Waals surface area contributed by atoms with E-state index in [1.807, 2.05) is 23.1 Å². The fourth-order valence-electron chi connectivity index (χ4n) is 2.33. The second-order valence-electron chi connectivity index (χ2n) is 4.93. The molecule has 6 nitrogen and oxygen atoms in total. The first-order valence-corrected chi connectivity index (χ1v) is 9.21. The van der Waals surface area contributed by atoms with Gasteiger partial charge >= 0.3 is 0 Å². The lowest BCUT2D eigenvalue weighted by atomic mass is 10.3. The second-order valence-corrected chi connectivity index (χ2v) is 8.01. The molecule has 1 N–H and O–H groups in total. The average Bonchev–Trinajstić information content (AvgIpc) is 3.13. The molecule has 0 aliphatic carbocycles. The Morgan fingerprint density at radius 1 is 1.43 bits per heavy atom. The van der Waals surface area contributed by atoms with Crippen molar-refractivity contribution in [3.05, 3.63) is 35.2 Å². The summed E-state index contributed by atoms with van der Waals surface area (Å²) in [6, 6.07) is 1.77. The Morgan fingerprint density at radius 3 is 3.10 bits per heavy atom. The Hall–Kier alpha value is -1.22. The van der Waals surface area contributed by atoms with Crippen LogP contribution in [0.3, 0.4) is 0 Å². The minimum Gasteiger partial charge on any atom is -0.333 e. The van der Waals surface area contributed by atoms with Crippen LogP contribution in [-0.4, -0.2) is 35.4 Å². The molecule has 21 heavy (non-hydrogen) atoms. The van der Waals surface area contributed by atoms with E-state index in [-0.39, 0.29) is 0 Å². The third-order valence-corrected chi connectivity index (χ3v) is 6.82. The van der Waals surface area contributed by atoms with Crippen LogP contribution in [0.2, 0.25) is 0 Å². The molecule has 2 aromatic heterocycles. The van der Waals surface area contributed by atoms with Crippen molar-refractivity contribution in [2.75, 3.05) is 13.1 Å². The molecule has 1 aliphatic heterocycles. The fraction of sp³-hybridized carbons (Fsp3) is 0.462. The summed E-state index contributed by atoms with van der Waals surface area (Å²) in [5.74, 6) is 0.800. The van der Waals surface area contributed by atoms with Crippen molar-refractivity contribution in [3.8, 4) is 0 Å². The summed E-state index contributed by atoms with van der Waals surface area (Å²) in [4.78, 5) is 4.21. The highest BCUT2D eigenvalue weighted by atomic mass is 32.2. The van der Waals surface area contributed by atoms with Crippen molar-refractivity contribution < 1.29 is 8.42 Å². The van der Waals surface area contributed by atoms with E-state index in [1.54, 1.807) is 12.3 Å². The number of sulfonamides is 1. The van der Waals surface area contributed by atoms with Gasteiger partial charge in [-0.1, -0.05) is 6.92 Å². The van der Waals surface area contributed by atoms with Gasteiger partial charge in [0.25, 0.3) is 10.0 Å². The van der Waals surface area contributed by atoms with Crippen LogP contribution in [0, 0.1) is 0 Å². The SMILES string of the molecule is CCNCc1csc(S(=O)(=O)N2CCn3ccnc3C2)c1. The van der Waals surface area contributed by atoms with Crippen LogP contribution in [0.5, 0.6) is 0 Å². The van der Waals surface area contributed by atoms with Gasteiger partial charge in [-0.15, -0.1) is 11.3 Å². The maximum Gasteiger partial charge on any atom is 0.253 e. The average molecular weight is 326 g/mol. The number of hydrogen-bond acceptors (Lipinski definition) is 5. The van der Waals surface area contributed by atoms with Gasteiger partial charge in [-0.05, 0) is 23.6 Å². The third-order valence-electron chi connectivity index (χ3n) is 3.51. The minimum atomic E-state index is -3.42. The van der Waals surface area contributed by atoms with E-state index in [2.05, 4.69) is 10.3 Å². The normalized spacial score (nSPS) is 16.0. The summed E-state index contributed by atoms with van der Waals surface area (Å²) in [6.07, 6.45) is 3.60. The van der Waals surface area contributed by atoms with E-state index in [0.717, 1.165) is 17.9 Å². The summed E-state index contributed by atoms with van der Waals surface area (Å²) in [5, 5.41) is 5.11. The molecule has 0 aromatic carbocycles. The highest BCUT2D eigenvalue weighted by Gasteiger charge is 2.29. The molecule has 0 amide bonds. The first kappa shape index (κ1) is 14.7. The second kappa shape index (κ2) is 5.88. The van der Waals surface area contributed by atoms with Crippen molar-refractivity contribution in [2.45, 2.75) is 30.8 Å². The molecule has 3 heterocycles. The first-order valence-electron chi connectivity index (χ1n) is 6.89. The summed E-state index contributed by atoms with van der Waals surface area (Å²) in [5.41, 5.74) is 1.01. The summed E-state index contributed by atoms with van der Waals surface area (Å²) < 4.78 is 29.3. The molecule has 1 aliphatic rings. The Morgan fingerprint density at radius 2 is 2.29 bits per heavy atom. The van der Waals surface area contributed by atoms with Crippen LogP contribution < -0.4 is 5.32 Å². The molecule has 2 aromatic rings. The molecule has 0 saturated heterocycles. The quantitative estimate of drug-likeness (QED) is 0.898. The van der Waals surface area contributed by atoms with Gasteiger partial charge in [-0.3, -0.25) is 0 Å². The summed E-state index contributed by atoms with van der Waals surface area (Å²) in [6.45, 7) is 5.09. The van der Waals surface area contributed by atoms with Gasteiger partial charge in [0.1, 0.15) is 10.0 Å². The van der Waals surface area contributed by atoms with Crippen LogP contribution in [0.4, 0.5) is 0 Å². The predicted octanol–water partition coefficient (Wildman–Crippen LogP) is 1.26. The van der Waals surface area contributed by atoms with Crippen molar-refractivity contribution >= 4 is 21.4 Å². The minimum absolute atomic E-state index is 0.343. The van der Waals surface area contributed by atoms with Crippen molar-refractivity contribution in [1.29, 1.82) is 0 Å². The smallest absolute Gasteiger partial charge is 0.253 e. The predicted molar refractivity (Wildman–Crippen MR) is 81.5 cm³/mol. The van der Waals surface area contributed by atoms with Gasteiger partial charge in [0.15, 0.2) is 0 Å². The fourth-order valence-corrected chi connectivity index (χ4v) is 5.08. The Balaban J connectivity index is 1.79. The molecule has 0 saturated carbocycles. The van der Waals surface area contributed by atoms with Gasteiger partial charge < -0.3 is 9.88 Å². The number of aromatic nitrogens is 2. The molecule has 3 rings (SSSR count). The van der Waals surface area contributed by atoms with Crippen LogP contribution >= 0.6 is 11.3 Å². The van der Waals surface area contributed by atoms with Gasteiger partial charge in [-0.2, -0.15) is 4.31 Å². The largest absolute Gasteiger partial charge is 0.333 e. The zero-order chi connectivity index (χ0) is 14.9. The lowest BCUT2D eigenvalue weighted by molar-refractivity contribution is 0.336. The molecular formula is C13H18N4O2S2. The van der Waals surface area contributed by atoms with Gasteiger partial charge in [0.05, 0.1) is 6.54 Å². The topological polar surface area (TPSA) is 67.2 Å². The van der Waals surface area contributed by atoms with E-state index in [9.17, 15) is 8.42 Å². The Bertz CT molecular complexity index is 720. The molecule has 0 bridgehead atoms. The maximum absolute atomic E-state index is 12.7. The number of hydrogen-bond donors (Lipinski definition) is 1. The maximum atomic E-state index is 12.7. The lowest BCUT2D eigenvalue weighted by Gasteiger charge is -2.26. The summed E-state index contributed by atoms with van der Waals surface area (Å²) >= 11 is 1.29. The number of nitrogens with zero attached hydrogens (tertiary/aromatic N) is 3. The van der Waals surface area contributed by atoms with Crippen LogP contribution in [0.25, 0.3) is 0 Å². The molecule has 0 unspecified atom stereocenters. The Kier molecular flexibility index (Phi) is 4.12. The zero-order valence-electron chi connectivity index (χ0n) is 11.8. The monoisotopic (exact) mass is 326 g/mol. The molecule has 0 spiro atoms. The van der Waals surface area contributed by atoms with E-state index in [4.69, 9.17) is 0 Å².